The Morgan fingerprint density at radius 2 is 1.61 bits per heavy atom. The van der Waals surface area contributed by atoms with Crippen molar-refractivity contribution in [2.75, 3.05) is 0 Å². The minimum absolute atomic E-state index is 0.201. The minimum atomic E-state index is 0.201. The number of rotatable bonds is 0. The molecular weight excluding hydrogens is 220 g/mol. The second kappa shape index (κ2) is 6.04. The van der Waals surface area contributed by atoms with Crippen LogP contribution in [0.3, 0.4) is 0 Å². The van der Waals surface area contributed by atoms with Gasteiger partial charge in [0.15, 0.2) is 5.78 Å². The van der Waals surface area contributed by atoms with Crippen LogP contribution in [0.1, 0.15) is 78.1 Å². The number of Topliss-reactive ketones (excluding diaryl/α,β-unsaturated/α-hetero) is 1. The highest BCUT2D eigenvalue weighted by molar-refractivity contribution is 5.99. The number of hydrogen-bond acceptors (Lipinski definition) is 1. The van der Waals surface area contributed by atoms with Gasteiger partial charge in [-0.1, -0.05) is 58.4 Å². The monoisotopic (exact) mass is 248 g/mol. The number of fused-ring (bicyclic) bond motifs is 1. The number of ketones is 1. The molecule has 0 spiro atoms. The van der Waals surface area contributed by atoms with Gasteiger partial charge in [0.25, 0.3) is 0 Å². The van der Waals surface area contributed by atoms with E-state index in [9.17, 15) is 4.79 Å². The summed E-state index contributed by atoms with van der Waals surface area (Å²) in [5.41, 5.74) is 1.38. The molecule has 0 aliphatic heterocycles. The average Bonchev–Trinajstić information content (AvgIpc) is 2.48. The van der Waals surface area contributed by atoms with Gasteiger partial charge in [0.1, 0.15) is 0 Å². The van der Waals surface area contributed by atoms with Crippen LogP contribution >= 0.6 is 0 Å². The number of carbonyl (C=O) groups excluding carboxylic acids is 1. The molecule has 2 aliphatic carbocycles. The lowest BCUT2D eigenvalue weighted by molar-refractivity contribution is -0.115. The van der Waals surface area contributed by atoms with Crippen molar-refractivity contribution in [2.45, 2.75) is 78.1 Å². The van der Waals surface area contributed by atoms with E-state index in [-0.39, 0.29) is 5.41 Å². The summed E-state index contributed by atoms with van der Waals surface area (Å²) in [5.74, 6) is 0.964. The van der Waals surface area contributed by atoms with E-state index in [1.807, 2.05) is 0 Å². The Kier molecular flexibility index (Phi) is 4.64. The molecule has 0 aromatic heterocycles. The molecule has 18 heavy (non-hydrogen) atoms. The summed E-state index contributed by atoms with van der Waals surface area (Å²) in [6.45, 7) is 4.56. The van der Waals surface area contributed by atoms with Crippen molar-refractivity contribution < 1.29 is 4.79 Å². The first-order valence-corrected chi connectivity index (χ1v) is 7.84. The van der Waals surface area contributed by atoms with Gasteiger partial charge in [-0.15, -0.1) is 0 Å². The summed E-state index contributed by atoms with van der Waals surface area (Å²) >= 11 is 0. The van der Waals surface area contributed by atoms with Gasteiger partial charge in [-0.3, -0.25) is 4.79 Å². The van der Waals surface area contributed by atoms with Crippen LogP contribution in [0.4, 0.5) is 0 Å². The molecule has 0 radical (unpaired) electrons. The van der Waals surface area contributed by atoms with E-state index >= 15 is 0 Å². The number of hydrogen-bond donors (Lipinski definition) is 0. The first-order valence-electron chi connectivity index (χ1n) is 7.84. The summed E-state index contributed by atoms with van der Waals surface area (Å²) in [4.78, 5) is 12.2. The zero-order valence-electron chi connectivity index (χ0n) is 12.1. The van der Waals surface area contributed by atoms with Gasteiger partial charge in [-0.05, 0) is 36.2 Å². The summed E-state index contributed by atoms with van der Waals surface area (Å²) in [6.07, 6.45) is 14.8. The van der Waals surface area contributed by atoms with Crippen LogP contribution in [0, 0.1) is 11.3 Å². The summed E-state index contributed by atoms with van der Waals surface area (Å²) in [7, 11) is 0. The molecule has 0 N–H and O–H groups in total. The molecule has 0 bridgehead atoms. The van der Waals surface area contributed by atoms with Crippen molar-refractivity contribution in [3.63, 3.8) is 0 Å². The van der Waals surface area contributed by atoms with Crippen LogP contribution in [0.2, 0.25) is 0 Å². The molecule has 0 heterocycles. The maximum atomic E-state index is 12.2. The number of carbonyl (C=O) groups is 1. The summed E-state index contributed by atoms with van der Waals surface area (Å²) in [6, 6.07) is 0. The van der Waals surface area contributed by atoms with Gasteiger partial charge in [-0.2, -0.15) is 0 Å². The molecular formula is C17H28O. The maximum absolute atomic E-state index is 12.2. The molecule has 0 aromatic carbocycles. The van der Waals surface area contributed by atoms with Crippen molar-refractivity contribution in [1.82, 2.24) is 0 Å². The Morgan fingerprint density at radius 1 is 1.00 bits per heavy atom. The largest absolute Gasteiger partial charge is 0.295 e. The fraction of sp³-hybridized carbons (Fsp3) is 0.824. The van der Waals surface area contributed by atoms with Crippen LogP contribution in [0.15, 0.2) is 11.6 Å². The van der Waals surface area contributed by atoms with Crippen LogP contribution in [0.5, 0.6) is 0 Å². The van der Waals surface area contributed by atoms with E-state index in [1.165, 1.54) is 56.9 Å². The standard InChI is InChI=1S/C17H28O/c1-17(2)13-16(18)14-11-9-7-5-3-4-6-8-10-12-15(14)17/h11,15H,3-10,12-13H2,1-2H3/b14-11-. The zero-order valence-corrected chi connectivity index (χ0v) is 12.1. The van der Waals surface area contributed by atoms with Crippen LogP contribution in [0.25, 0.3) is 0 Å². The molecule has 1 nitrogen and oxygen atoms in total. The molecule has 1 unspecified atom stereocenters. The fourth-order valence-corrected chi connectivity index (χ4v) is 3.69. The first-order chi connectivity index (χ1) is 8.61. The smallest absolute Gasteiger partial charge is 0.159 e. The highest BCUT2D eigenvalue weighted by Gasteiger charge is 2.42. The van der Waals surface area contributed by atoms with Crippen molar-refractivity contribution >= 4 is 5.78 Å². The van der Waals surface area contributed by atoms with Crippen LogP contribution in [-0.4, -0.2) is 5.78 Å². The molecule has 1 atom stereocenters. The predicted molar refractivity (Wildman–Crippen MR) is 76.5 cm³/mol. The number of allylic oxidation sites excluding steroid dienone is 2. The van der Waals surface area contributed by atoms with E-state index in [0.29, 0.717) is 11.7 Å². The highest BCUT2D eigenvalue weighted by Crippen LogP contribution is 2.47. The van der Waals surface area contributed by atoms with Crippen molar-refractivity contribution in [3.05, 3.63) is 11.6 Å². The van der Waals surface area contributed by atoms with E-state index in [0.717, 1.165) is 12.8 Å². The van der Waals surface area contributed by atoms with E-state index in [2.05, 4.69) is 19.9 Å². The van der Waals surface area contributed by atoms with Crippen LogP contribution < -0.4 is 0 Å². The zero-order chi connectivity index (χ0) is 13.0. The van der Waals surface area contributed by atoms with Gasteiger partial charge in [0.05, 0.1) is 0 Å². The SMILES string of the molecule is CC1(C)CC(=O)/C2=C\CCCCCCCCCC21. The molecule has 0 amide bonds. The fourth-order valence-electron chi connectivity index (χ4n) is 3.69. The van der Waals surface area contributed by atoms with Crippen molar-refractivity contribution in [3.8, 4) is 0 Å². The molecule has 2 rings (SSSR count). The lowest BCUT2D eigenvalue weighted by Crippen LogP contribution is -2.18. The quantitative estimate of drug-likeness (QED) is 0.586. The van der Waals surface area contributed by atoms with E-state index in [1.54, 1.807) is 0 Å². The summed E-state index contributed by atoms with van der Waals surface area (Å²) < 4.78 is 0. The lowest BCUT2D eigenvalue weighted by atomic mass is 9.77. The highest BCUT2D eigenvalue weighted by atomic mass is 16.1. The Morgan fingerprint density at radius 3 is 2.33 bits per heavy atom. The van der Waals surface area contributed by atoms with Gasteiger partial charge in [0, 0.05) is 6.42 Å². The summed E-state index contributed by atoms with van der Waals surface area (Å²) in [5, 5.41) is 0. The lowest BCUT2D eigenvalue weighted by Gasteiger charge is -2.27. The molecule has 0 saturated heterocycles. The second-order valence-electron chi connectivity index (χ2n) is 6.85. The van der Waals surface area contributed by atoms with Gasteiger partial charge in [0.2, 0.25) is 0 Å². The third-order valence-electron chi connectivity index (χ3n) is 4.82. The Hall–Kier alpha value is -0.590. The Balaban J connectivity index is 2.11. The molecule has 102 valence electrons. The molecule has 1 saturated carbocycles. The molecule has 2 aliphatic rings. The van der Waals surface area contributed by atoms with Crippen molar-refractivity contribution in [1.29, 1.82) is 0 Å². The van der Waals surface area contributed by atoms with Gasteiger partial charge in [-0.25, -0.2) is 0 Å². The topological polar surface area (TPSA) is 17.1 Å². The second-order valence-corrected chi connectivity index (χ2v) is 6.85. The van der Waals surface area contributed by atoms with E-state index < -0.39 is 0 Å². The first kappa shape index (κ1) is 13.8. The Labute approximate surface area is 112 Å². The Bertz CT molecular complexity index is 325. The van der Waals surface area contributed by atoms with Crippen molar-refractivity contribution in [2.24, 2.45) is 11.3 Å². The maximum Gasteiger partial charge on any atom is 0.159 e. The minimum Gasteiger partial charge on any atom is -0.295 e. The van der Waals surface area contributed by atoms with Gasteiger partial charge < -0.3 is 0 Å². The van der Waals surface area contributed by atoms with E-state index in [4.69, 9.17) is 0 Å². The molecule has 1 heteroatoms. The molecule has 0 aromatic rings. The van der Waals surface area contributed by atoms with Crippen LogP contribution in [-0.2, 0) is 4.79 Å². The average molecular weight is 248 g/mol. The predicted octanol–water partition coefficient (Wildman–Crippen LogP) is 5.05. The normalized spacial score (nSPS) is 32.9. The molecule has 1 fully saturated rings. The third-order valence-corrected chi connectivity index (χ3v) is 4.82. The third kappa shape index (κ3) is 3.24. The van der Waals surface area contributed by atoms with Gasteiger partial charge >= 0.3 is 0 Å².